The van der Waals surface area contributed by atoms with Crippen LogP contribution in [0.2, 0.25) is 0 Å². The van der Waals surface area contributed by atoms with E-state index in [9.17, 15) is 0 Å². The number of hydrogen-bond donors (Lipinski definition) is 1. The molecule has 22 heavy (non-hydrogen) atoms. The molecule has 0 aromatic heterocycles. The molecule has 1 N–H and O–H groups in total. The predicted octanol–water partition coefficient (Wildman–Crippen LogP) is 2.65. The van der Waals surface area contributed by atoms with E-state index in [-0.39, 0.29) is 0 Å². The average Bonchev–Trinajstić information content (AvgIpc) is 3.32. The average molecular weight is 301 g/mol. The Hall–Kier alpha value is -1.55. The van der Waals surface area contributed by atoms with E-state index in [4.69, 9.17) is 4.74 Å². The highest BCUT2D eigenvalue weighted by molar-refractivity contribution is 5.80. The van der Waals surface area contributed by atoms with Gasteiger partial charge in [-0.2, -0.15) is 0 Å². The van der Waals surface area contributed by atoms with Crippen molar-refractivity contribution < 1.29 is 4.74 Å². The summed E-state index contributed by atoms with van der Waals surface area (Å²) < 4.78 is 5.84. The number of guanidine groups is 1. The highest BCUT2D eigenvalue weighted by Gasteiger charge is 2.42. The highest BCUT2D eigenvalue weighted by Crippen LogP contribution is 2.48. The van der Waals surface area contributed by atoms with Gasteiger partial charge in [0.2, 0.25) is 0 Å². The molecule has 1 aromatic carbocycles. The summed E-state index contributed by atoms with van der Waals surface area (Å²) in [5.41, 5.74) is 1.70. The van der Waals surface area contributed by atoms with Crippen LogP contribution in [-0.2, 0) is 11.3 Å². The van der Waals surface area contributed by atoms with Crippen LogP contribution in [-0.4, -0.2) is 44.1 Å². The third kappa shape index (κ3) is 4.23. The Kier molecular flexibility index (Phi) is 4.98. The molecule has 0 bridgehead atoms. The van der Waals surface area contributed by atoms with Crippen molar-refractivity contribution in [3.63, 3.8) is 0 Å². The zero-order valence-corrected chi connectivity index (χ0v) is 13.6. The predicted molar refractivity (Wildman–Crippen MR) is 89.9 cm³/mol. The molecule has 1 fully saturated rings. The summed E-state index contributed by atoms with van der Waals surface area (Å²) in [6.07, 6.45) is 4.93. The standard InChI is InChI=1S/C18H27N3O/c1-21-12-5-11-19-17(21)20-15-18(8-9-18)10-13-22-14-16-6-3-2-4-7-16/h2-4,6-7H,5,8-15H2,1H3,(H,19,20). The molecular formula is C18H27N3O. The van der Waals surface area contributed by atoms with Crippen LogP contribution >= 0.6 is 0 Å². The van der Waals surface area contributed by atoms with Crippen LogP contribution in [0.5, 0.6) is 0 Å². The molecule has 4 nitrogen and oxygen atoms in total. The molecular weight excluding hydrogens is 274 g/mol. The van der Waals surface area contributed by atoms with Crippen LogP contribution in [0.15, 0.2) is 35.3 Å². The van der Waals surface area contributed by atoms with Gasteiger partial charge in [0.25, 0.3) is 0 Å². The molecule has 3 rings (SSSR count). The smallest absolute Gasteiger partial charge is 0.193 e. The number of ether oxygens (including phenoxy) is 1. The van der Waals surface area contributed by atoms with Gasteiger partial charge in [-0.15, -0.1) is 0 Å². The molecule has 1 heterocycles. The minimum absolute atomic E-state index is 0.442. The minimum Gasteiger partial charge on any atom is -0.377 e. The molecule has 1 aliphatic carbocycles. The minimum atomic E-state index is 0.442. The summed E-state index contributed by atoms with van der Waals surface area (Å²) in [5, 5.41) is 3.55. The van der Waals surface area contributed by atoms with Crippen molar-refractivity contribution in [3.05, 3.63) is 35.9 Å². The van der Waals surface area contributed by atoms with Gasteiger partial charge in [0.1, 0.15) is 0 Å². The molecule has 0 amide bonds. The van der Waals surface area contributed by atoms with Gasteiger partial charge in [0, 0.05) is 33.3 Å². The summed E-state index contributed by atoms with van der Waals surface area (Å²) in [5.74, 6) is 1.07. The maximum Gasteiger partial charge on any atom is 0.193 e. The van der Waals surface area contributed by atoms with Crippen molar-refractivity contribution in [2.75, 3.05) is 33.3 Å². The zero-order valence-electron chi connectivity index (χ0n) is 13.6. The summed E-state index contributed by atoms with van der Waals surface area (Å²) in [4.78, 5) is 6.81. The second-order valence-corrected chi connectivity index (χ2v) is 6.62. The first-order valence-electron chi connectivity index (χ1n) is 8.39. The Bertz CT molecular complexity index is 496. The lowest BCUT2D eigenvalue weighted by Crippen LogP contribution is -2.44. The van der Waals surface area contributed by atoms with Gasteiger partial charge < -0.3 is 15.0 Å². The van der Waals surface area contributed by atoms with Gasteiger partial charge in [0.15, 0.2) is 5.96 Å². The van der Waals surface area contributed by atoms with Gasteiger partial charge in [-0.3, -0.25) is 4.99 Å². The molecule has 0 atom stereocenters. The Morgan fingerprint density at radius 2 is 2.09 bits per heavy atom. The maximum atomic E-state index is 5.84. The van der Waals surface area contributed by atoms with Gasteiger partial charge in [-0.25, -0.2) is 0 Å². The maximum absolute atomic E-state index is 5.84. The molecule has 1 saturated carbocycles. The van der Waals surface area contributed by atoms with E-state index in [0.717, 1.165) is 45.2 Å². The first kappa shape index (κ1) is 15.3. The first-order chi connectivity index (χ1) is 10.8. The van der Waals surface area contributed by atoms with Crippen molar-refractivity contribution in [1.29, 1.82) is 0 Å². The van der Waals surface area contributed by atoms with Gasteiger partial charge in [0.05, 0.1) is 6.61 Å². The fourth-order valence-corrected chi connectivity index (χ4v) is 2.92. The Morgan fingerprint density at radius 3 is 2.82 bits per heavy atom. The highest BCUT2D eigenvalue weighted by atomic mass is 16.5. The molecule has 0 radical (unpaired) electrons. The molecule has 0 saturated heterocycles. The van der Waals surface area contributed by atoms with Crippen LogP contribution in [0, 0.1) is 5.41 Å². The number of nitrogens with zero attached hydrogens (tertiary/aromatic N) is 2. The second-order valence-electron chi connectivity index (χ2n) is 6.62. The van der Waals surface area contributed by atoms with Gasteiger partial charge in [-0.1, -0.05) is 30.3 Å². The van der Waals surface area contributed by atoms with Gasteiger partial charge in [-0.05, 0) is 36.7 Å². The van der Waals surface area contributed by atoms with E-state index in [1.165, 1.54) is 24.8 Å². The third-order valence-corrected chi connectivity index (χ3v) is 4.74. The Labute approximate surface area is 133 Å². The van der Waals surface area contributed by atoms with E-state index in [0.29, 0.717) is 5.41 Å². The molecule has 4 heteroatoms. The van der Waals surface area contributed by atoms with Crippen molar-refractivity contribution in [1.82, 2.24) is 10.2 Å². The number of benzene rings is 1. The normalized spacial score (nSPS) is 19.7. The zero-order chi connectivity index (χ0) is 15.3. The SMILES string of the molecule is CN1CCCN=C1NCC1(CCOCc2ccccc2)CC1. The molecule has 1 aromatic rings. The molecule has 120 valence electrons. The topological polar surface area (TPSA) is 36.9 Å². The van der Waals surface area contributed by atoms with Gasteiger partial charge >= 0.3 is 0 Å². The lowest BCUT2D eigenvalue weighted by Gasteiger charge is -2.27. The fourth-order valence-electron chi connectivity index (χ4n) is 2.92. The molecule has 1 aliphatic heterocycles. The summed E-state index contributed by atoms with van der Waals surface area (Å²) >= 11 is 0. The summed E-state index contributed by atoms with van der Waals surface area (Å²) in [6.45, 7) is 4.67. The van der Waals surface area contributed by atoms with Crippen molar-refractivity contribution >= 4 is 5.96 Å². The molecule has 0 spiro atoms. The van der Waals surface area contributed by atoms with Crippen molar-refractivity contribution in [2.24, 2.45) is 10.4 Å². The van der Waals surface area contributed by atoms with Crippen LogP contribution in [0.1, 0.15) is 31.2 Å². The van der Waals surface area contributed by atoms with Crippen LogP contribution < -0.4 is 5.32 Å². The van der Waals surface area contributed by atoms with Crippen LogP contribution in [0.25, 0.3) is 0 Å². The lowest BCUT2D eigenvalue weighted by molar-refractivity contribution is 0.104. The Balaban J connectivity index is 1.36. The number of aliphatic imine (C=N–C) groups is 1. The first-order valence-corrected chi connectivity index (χ1v) is 8.39. The van der Waals surface area contributed by atoms with Crippen molar-refractivity contribution in [3.8, 4) is 0 Å². The number of nitrogens with one attached hydrogen (secondary N) is 1. The quantitative estimate of drug-likeness (QED) is 0.787. The van der Waals surface area contributed by atoms with Crippen LogP contribution in [0.4, 0.5) is 0 Å². The third-order valence-electron chi connectivity index (χ3n) is 4.74. The van der Waals surface area contributed by atoms with Crippen molar-refractivity contribution in [2.45, 2.75) is 32.3 Å². The number of hydrogen-bond acceptors (Lipinski definition) is 4. The Morgan fingerprint density at radius 1 is 1.27 bits per heavy atom. The van der Waals surface area contributed by atoms with E-state index in [2.05, 4.69) is 46.5 Å². The van der Waals surface area contributed by atoms with E-state index in [1.807, 2.05) is 6.07 Å². The lowest BCUT2D eigenvalue weighted by atomic mass is 10.0. The molecule has 2 aliphatic rings. The summed E-state index contributed by atoms with van der Waals surface area (Å²) in [6, 6.07) is 10.4. The largest absolute Gasteiger partial charge is 0.377 e. The molecule has 0 unspecified atom stereocenters. The number of rotatable bonds is 7. The van der Waals surface area contributed by atoms with E-state index in [1.54, 1.807) is 0 Å². The fraction of sp³-hybridized carbons (Fsp3) is 0.611. The second kappa shape index (κ2) is 7.14. The van der Waals surface area contributed by atoms with E-state index < -0.39 is 0 Å². The summed E-state index contributed by atoms with van der Waals surface area (Å²) in [7, 11) is 2.12. The van der Waals surface area contributed by atoms with Crippen LogP contribution in [0.3, 0.4) is 0 Å². The monoisotopic (exact) mass is 301 g/mol. The van der Waals surface area contributed by atoms with E-state index >= 15 is 0 Å².